The van der Waals surface area contributed by atoms with Gasteiger partial charge in [-0.3, -0.25) is 0 Å². The van der Waals surface area contributed by atoms with E-state index in [1.165, 1.54) is 62.1 Å². The van der Waals surface area contributed by atoms with Crippen molar-refractivity contribution in [2.24, 2.45) is 0 Å². The summed E-state index contributed by atoms with van der Waals surface area (Å²) in [5.74, 6) is 0. The highest BCUT2D eigenvalue weighted by Crippen LogP contribution is 2.47. The van der Waals surface area contributed by atoms with E-state index >= 15 is 0 Å². The van der Waals surface area contributed by atoms with Crippen LogP contribution in [0.15, 0.2) is 55.6 Å². The van der Waals surface area contributed by atoms with Crippen LogP contribution in [0.1, 0.15) is 12.8 Å². The predicted octanol–water partition coefficient (Wildman–Crippen LogP) is 5.92. The van der Waals surface area contributed by atoms with Gasteiger partial charge in [0.15, 0.2) is 0 Å². The number of hydrogen-bond donors (Lipinski definition) is 0. The maximum atomic E-state index is 4.00. The van der Waals surface area contributed by atoms with Gasteiger partial charge in [-0.1, -0.05) is 50.4 Å². The first-order chi connectivity index (χ1) is 11.3. The summed E-state index contributed by atoms with van der Waals surface area (Å²) in [6.07, 6.45) is 18.5. The van der Waals surface area contributed by atoms with Crippen LogP contribution in [-0.2, 0) is 0 Å². The van der Waals surface area contributed by atoms with Gasteiger partial charge in [0, 0.05) is 0 Å². The highest BCUT2D eigenvalue weighted by molar-refractivity contribution is 7.67. The highest BCUT2D eigenvalue weighted by atomic mass is 31.1. The third kappa shape index (κ3) is 7.18. The summed E-state index contributed by atoms with van der Waals surface area (Å²) in [6.45, 7) is 7.99. The van der Waals surface area contributed by atoms with Gasteiger partial charge in [0.2, 0.25) is 0 Å². The maximum absolute atomic E-state index is 4.00. The standard InChI is InChI=1S/C20H31P3/c1-3-12-21-14-8-15-22(13-4-2)18-19-23(17-9-16-21)20-10-6-5-7-11-20/h3-7,10-11H,1-2,8-9,12-19H2. The summed E-state index contributed by atoms with van der Waals surface area (Å²) in [4.78, 5) is 0. The molecule has 0 radical (unpaired) electrons. The Bertz CT molecular complexity index is 457. The third-order valence-corrected chi connectivity index (χ3v) is 12.7. The number of hydrogen-bond acceptors (Lipinski definition) is 0. The molecule has 126 valence electrons. The van der Waals surface area contributed by atoms with Gasteiger partial charge in [-0.2, -0.15) is 0 Å². The Morgan fingerprint density at radius 3 is 1.91 bits per heavy atom. The molecule has 0 aliphatic carbocycles. The van der Waals surface area contributed by atoms with Crippen LogP contribution in [0.4, 0.5) is 0 Å². The second kappa shape index (κ2) is 11.5. The van der Waals surface area contributed by atoms with Crippen molar-refractivity contribution >= 4 is 29.1 Å². The molecular formula is C20H31P3. The van der Waals surface area contributed by atoms with Crippen LogP contribution < -0.4 is 5.30 Å². The average Bonchev–Trinajstić information content (AvgIpc) is 2.62. The van der Waals surface area contributed by atoms with Crippen LogP contribution in [0.3, 0.4) is 0 Å². The number of rotatable bonds is 5. The molecule has 0 amide bonds. The molecule has 23 heavy (non-hydrogen) atoms. The zero-order valence-corrected chi connectivity index (χ0v) is 17.1. The summed E-state index contributed by atoms with van der Waals surface area (Å²) < 4.78 is 0. The summed E-state index contributed by atoms with van der Waals surface area (Å²) in [6, 6.07) is 11.3. The van der Waals surface area contributed by atoms with Gasteiger partial charge in [-0.05, 0) is 67.4 Å². The van der Waals surface area contributed by atoms with Gasteiger partial charge >= 0.3 is 0 Å². The summed E-state index contributed by atoms with van der Waals surface area (Å²) in [7, 11) is 0.435. The van der Waals surface area contributed by atoms with Gasteiger partial charge in [0.25, 0.3) is 0 Å². The topological polar surface area (TPSA) is 0 Å². The Kier molecular flexibility index (Phi) is 9.68. The summed E-state index contributed by atoms with van der Waals surface area (Å²) in [5, 5.41) is 1.63. The van der Waals surface area contributed by atoms with E-state index in [9.17, 15) is 0 Å². The maximum Gasteiger partial charge on any atom is -0.0147 e. The van der Waals surface area contributed by atoms with Crippen LogP contribution in [0.5, 0.6) is 0 Å². The van der Waals surface area contributed by atoms with E-state index in [0.717, 1.165) is 0 Å². The van der Waals surface area contributed by atoms with Crippen molar-refractivity contribution in [1.82, 2.24) is 0 Å². The quantitative estimate of drug-likeness (QED) is 0.449. The Morgan fingerprint density at radius 1 is 0.739 bits per heavy atom. The Balaban J connectivity index is 2.05. The Hall–Kier alpha value is -0.0100. The lowest BCUT2D eigenvalue weighted by Gasteiger charge is -2.21. The van der Waals surface area contributed by atoms with Crippen LogP contribution >= 0.6 is 23.8 Å². The van der Waals surface area contributed by atoms with Gasteiger partial charge in [0.1, 0.15) is 0 Å². The zero-order valence-electron chi connectivity index (χ0n) is 14.4. The molecule has 1 aliphatic heterocycles. The summed E-state index contributed by atoms with van der Waals surface area (Å²) in [5.41, 5.74) is 0. The van der Waals surface area contributed by atoms with E-state index in [4.69, 9.17) is 0 Å². The molecule has 0 nitrogen and oxygen atoms in total. The molecule has 0 aromatic heterocycles. The highest BCUT2D eigenvalue weighted by Gasteiger charge is 2.17. The smallest absolute Gasteiger partial charge is 0.0147 e. The van der Waals surface area contributed by atoms with Crippen LogP contribution in [0.25, 0.3) is 0 Å². The lowest BCUT2D eigenvalue weighted by molar-refractivity contribution is 1.06. The van der Waals surface area contributed by atoms with Crippen molar-refractivity contribution in [3.63, 3.8) is 0 Å². The first-order valence-corrected chi connectivity index (χ1v) is 14.3. The molecule has 1 saturated heterocycles. The van der Waals surface area contributed by atoms with E-state index in [1.54, 1.807) is 5.30 Å². The normalized spacial score (nSPS) is 26.9. The zero-order chi connectivity index (χ0) is 16.3. The van der Waals surface area contributed by atoms with Crippen LogP contribution in [0.2, 0.25) is 0 Å². The van der Waals surface area contributed by atoms with Gasteiger partial charge in [0.05, 0.1) is 0 Å². The average molecular weight is 364 g/mol. The molecule has 3 atom stereocenters. The molecule has 0 saturated carbocycles. The lowest BCUT2D eigenvalue weighted by Crippen LogP contribution is -2.09. The molecule has 1 heterocycles. The van der Waals surface area contributed by atoms with E-state index in [0.29, 0.717) is 0 Å². The second-order valence-electron chi connectivity index (χ2n) is 6.21. The Labute approximate surface area is 147 Å². The van der Waals surface area contributed by atoms with Crippen molar-refractivity contribution in [2.45, 2.75) is 12.8 Å². The molecule has 1 aromatic rings. The van der Waals surface area contributed by atoms with Gasteiger partial charge in [-0.25, -0.2) is 0 Å². The van der Waals surface area contributed by atoms with Crippen molar-refractivity contribution < 1.29 is 0 Å². The fourth-order valence-electron chi connectivity index (χ4n) is 3.23. The minimum atomic E-state index is 0.0496. The largest absolute Gasteiger partial charge is 0.103 e. The predicted molar refractivity (Wildman–Crippen MR) is 115 cm³/mol. The second-order valence-corrected chi connectivity index (χ2v) is 13.9. The molecule has 3 unspecified atom stereocenters. The van der Waals surface area contributed by atoms with Gasteiger partial charge < -0.3 is 0 Å². The fraction of sp³-hybridized carbons (Fsp3) is 0.500. The molecular weight excluding hydrogens is 333 g/mol. The molecule has 0 spiro atoms. The molecule has 2 rings (SSSR count). The lowest BCUT2D eigenvalue weighted by atomic mass is 10.4. The first-order valence-electron chi connectivity index (χ1n) is 8.80. The van der Waals surface area contributed by atoms with Crippen molar-refractivity contribution in [1.29, 1.82) is 0 Å². The number of allylic oxidation sites excluding steroid dienone is 2. The number of benzene rings is 1. The van der Waals surface area contributed by atoms with Crippen molar-refractivity contribution in [3.05, 3.63) is 55.6 Å². The van der Waals surface area contributed by atoms with E-state index in [-0.39, 0.29) is 23.8 Å². The van der Waals surface area contributed by atoms with E-state index in [1.807, 2.05) is 0 Å². The minimum Gasteiger partial charge on any atom is -0.103 e. The van der Waals surface area contributed by atoms with Crippen LogP contribution in [-0.4, -0.2) is 49.3 Å². The monoisotopic (exact) mass is 364 g/mol. The molecule has 3 heteroatoms. The molecule has 1 aliphatic rings. The molecule has 1 aromatic carbocycles. The SMILES string of the molecule is C=CCP1CCCP(CC=C)CCP(c2ccccc2)CCC1. The van der Waals surface area contributed by atoms with Crippen molar-refractivity contribution in [3.8, 4) is 0 Å². The van der Waals surface area contributed by atoms with E-state index in [2.05, 4.69) is 55.6 Å². The van der Waals surface area contributed by atoms with E-state index < -0.39 is 0 Å². The van der Waals surface area contributed by atoms with Gasteiger partial charge in [-0.15, -0.1) is 29.0 Å². The van der Waals surface area contributed by atoms with Crippen molar-refractivity contribution in [2.75, 3.05) is 49.3 Å². The van der Waals surface area contributed by atoms with Crippen LogP contribution in [0, 0.1) is 0 Å². The Morgan fingerprint density at radius 2 is 1.30 bits per heavy atom. The molecule has 0 N–H and O–H groups in total. The minimum absolute atomic E-state index is 0.0496. The fourth-order valence-corrected chi connectivity index (χ4v) is 11.4. The first kappa shape index (κ1) is 19.3. The third-order valence-electron chi connectivity index (χ3n) is 4.43. The molecule has 0 bridgehead atoms. The summed E-state index contributed by atoms with van der Waals surface area (Å²) >= 11 is 0. The molecule has 1 fully saturated rings.